The second kappa shape index (κ2) is 10.6. The maximum atomic E-state index is 12.4. The Bertz CT molecular complexity index is 1190. The SMILES string of the molecule is CN(C)c1ccc(C(=O)NCCc2cccc(-c3ccc(CC4SC(=O)NC4=O)cc3)c2)cc1. The van der Waals surface area contributed by atoms with E-state index in [1.807, 2.05) is 73.6 Å². The van der Waals surface area contributed by atoms with Gasteiger partial charge in [0.25, 0.3) is 11.1 Å². The minimum Gasteiger partial charge on any atom is -0.378 e. The van der Waals surface area contributed by atoms with Gasteiger partial charge in [0, 0.05) is 31.9 Å². The van der Waals surface area contributed by atoms with Gasteiger partial charge in [0.15, 0.2) is 0 Å². The number of thioether (sulfide) groups is 1. The van der Waals surface area contributed by atoms with E-state index in [0.717, 1.165) is 46.1 Å². The highest BCUT2D eigenvalue weighted by Crippen LogP contribution is 2.25. The van der Waals surface area contributed by atoms with E-state index in [0.29, 0.717) is 18.5 Å². The summed E-state index contributed by atoms with van der Waals surface area (Å²) < 4.78 is 0. The lowest BCUT2D eigenvalue weighted by molar-refractivity contribution is -0.118. The lowest BCUT2D eigenvalue weighted by Crippen LogP contribution is -2.25. The van der Waals surface area contributed by atoms with Crippen LogP contribution in [0.2, 0.25) is 0 Å². The standard InChI is InChI=1S/C27H27N3O3S/c1-30(2)23-12-10-21(11-13-23)25(31)28-15-14-18-4-3-5-22(16-18)20-8-6-19(7-9-20)17-24-26(32)29-27(33)34-24/h3-13,16,24H,14-15,17H2,1-2H3,(H,28,31)(H,29,32,33). The van der Waals surface area contributed by atoms with Gasteiger partial charge in [-0.15, -0.1) is 0 Å². The number of rotatable bonds is 8. The molecule has 1 atom stereocenters. The fourth-order valence-electron chi connectivity index (χ4n) is 3.81. The van der Waals surface area contributed by atoms with Crippen LogP contribution in [-0.2, 0) is 17.6 Å². The van der Waals surface area contributed by atoms with E-state index >= 15 is 0 Å². The Morgan fingerprint density at radius 2 is 1.68 bits per heavy atom. The first-order valence-corrected chi connectivity index (χ1v) is 12.0. The van der Waals surface area contributed by atoms with Gasteiger partial charge in [0.05, 0.1) is 5.25 Å². The summed E-state index contributed by atoms with van der Waals surface area (Å²) in [4.78, 5) is 37.6. The summed E-state index contributed by atoms with van der Waals surface area (Å²) in [6.07, 6.45) is 1.26. The van der Waals surface area contributed by atoms with Crippen LogP contribution < -0.4 is 15.5 Å². The third-order valence-corrected chi connectivity index (χ3v) is 6.73. The zero-order valence-corrected chi connectivity index (χ0v) is 20.0. The van der Waals surface area contributed by atoms with Crippen LogP contribution in [0.4, 0.5) is 10.5 Å². The first-order chi connectivity index (χ1) is 16.4. The van der Waals surface area contributed by atoms with E-state index in [-0.39, 0.29) is 22.3 Å². The van der Waals surface area contributed by atoms with Crippen LogP contribution in [-0.4, -0.2) is 42.9 Å². The number of hydrogen-bond acceptors (Lipinski definition) is 5. The molecule has 1 saturated heterocycles. The molecule has 2 N–H and O–H groups in total. The zero-order chi connectivity index (χ0) is 24.1. The predicted octanol–water partition coefficient (Wildman–Crippen LogP) is 4.29. The average Bonchev–Trinajstić information content (AvgIpc) is 3.16. The van der Waals surface area contributed by atoms with Gasteiger partial charge in [0.2, 0.25) is 5.91 Å². The Hall–Kier alpha value is -3.58. The van der Waals surface area contributed by atoms with Crippen LogP contribution in [0.1, 0.15) is 21.5 Å². The van der Waals surface area contributed by atoms with E-state index < -0.39 is 0 Å². The van der Waals surface area contributed by atoms with Gasteiger partial charge in [-0.25, -0.2) is 0 Å². The van der Waals surface area contributed by atoms with Crippen LogP contribution >= 0.6 is 11.8 Å². The molecule has 1 heterocycles. The third kappa shape index (κ3) is 5.85. The Labute approximate surface area is 203 Å². The van der Waals surface area contributed by atoms with Crippen LogP contribution in [0, 0.1) is 0 Å². The fourth-order valence-corrected chi connectivity index (χ4v) is 4.67. The van der Waals surface area contributed by atoms with Gasteiger partial charge in [-0.05, 0) is 59.4 Å². The minimum absolute atomic E-state index is 0.0761. The Morgan fingerprint density at radius 3 is 2.32 bits per heavy atom. The summed E-state index contributed by atoms with van der Waals surface area (Å²) >= 11 is 1.05. The Morgan fingerprint density at radius 1 is 0.941 bits per heavy atom. The van der Waals surface area contributed by atoms with Gasteiger partial charge >= 0.3 is 0 Å². The van der Waals surface area contributed by atoms with Crippen molar-refractivity contribution in [2.45, 2.75) is 18.1 Å². The summed E-state index contributed by atoms with van der Waals surface area (Å²) in [6, 6.07) is 23.9. The molecule has 1 fully saturated rings. The molecule has 3 aromatic rings. The number of carbonyl (C=O) groups excluding carboxylic acids is 3. The maximum Gasteiger partial charge on any atom is 0.286 e. The van der Waals surface area contributed by atoms with E-state index in [1.165, 1.54) is 0 Å². The molecule has 4 rings (SSSR count). The summed E-state index contributed by atoms with van der Waals surface area (Å²) in [7, 11) is 3.94. The Kier molecular flexibility index (Phi) is 7.33. The summed E-state index contributed by atoms with van der Waals surface area (Å²) in [5.41, 5.74) is 6.04. The van der Waals surface area contributed by atoms with Crippen LogP contribution in [0.25, 0.3) is 11.1 Å². The number of anilines is 1. The monoisotopic (exact) mass is 473 g/mol. The summed E-state index contributed by atoms with van der Waals surface area (Å²) in [6.45, 7) is 0.552. The molecular weight excluding hydrogens is 446 g/mol. The van der Waals surface area contributed by atoms with E-state index in [9.17, 15) is 14.4 Å². The van der Waals surface area contributed by atoms with Crippen molar-refractivity contribution < 1.29 is 14.4 Å². The topological polar surface area (TPSA) is 78.5 Å². The van der Waals surface area contributed by atoms with E-state index in [1.54, 1.807) is 0 Å². The molecule has 1 aliphatic heterocycles. The smallest absolute Gasteiger partial charge is 0.286 e. The van der Waals surface area contributed by atoms with Crippen molar-refractivity contribution in [3.05, 3.63) is 89.5 Å². The zero-order valence-electron chi connectivity index (χ0n) is 19.2. The molecule has 3 amide bonds. The molecule has 1 aliphatic rings. The third-order valence-electron chi connectivity index (χ3n) is 5.75. The van der Waals surface area contributed by atoms with Crippen molar-refractivity contribution in [2.24, 2.45) is 0 Å². The molecule has 0 spiro atoms. The molecule has 7 heteroatoms. The van der Waals surface area contributed by atoms with Crippen LogP contribution in [0.3, 0.4) is 0 Å². The molecule has 0 bridgehead atoms. The van der Waals surface area contributed by atoms with Crippen molar-refractivity contribution >= 4 is 34.5 Å². The number of amides is 3. The normalized spacial score (nSPS) is 15.2. The van der Waals surface area contributed by atoms with Crippen molar-refractivity contribution in [3.63, 3.8) is 0 Å². The van der Waals surface area contributed by atoms with Crippen molar-refractivity contribution in [2.75, 3.05) is 25.5 Å². The number of nitrogens with zero attached hydrogens (tertiary/aromatic N) is 1. The Balaban J connectivity index is 1.32. The highest BCUT2D eigenvalue weighted by molar-refractivity contribution is 8.15. The highest BCUT2D eigenvalue weighted by atomic mass is 32.2. The van der Waals surface area contributed by atoms with Crippen molar-refractivity contribution in [1.29, 1.82) is 0 Å². The van der Waals surface area contributed by atoms with Crippen LogP contribution in [0.5, 0.6) is 0 Å². The van der Waals surface area contributed by atoms with Gasteiger partial charge in [-0.2, -0.15) is 0 Å². The predicted molar refractivity (Wildman–Crippen MR) is 137 cm³/mol. The molecule has 0 aliphatic carbocycles. The van der Waals surface area contributed by atoms with Gasteiger partial charge in [-0.1, -0.05) is 60.3 Å². The first kappa shape index (κ1) is 23.6. The lowest BCUT2D eigenvalue weighted by Gasteiger charge is -2.12. The summed E-state index contributed by atoms with van der Waals surface area (Å²) in [5.74, 6) is -0.294. The molecule has 0 aromatic heterocycles. The number of hydrogen-bond donors (Lipinski definition) is 2. The minimum atomic E-state index is -0.359. The fraction of sp³-hybridized carbons (Fsp3) is 0.222. The quantitative estimate of drug-likeness (QED) is 0.510. The molecule has 1 unspecified atom stereocenters. The number of benzene rings is 3. The first-order valence-electron chi connectivity index (χ1n) is 11.1. The summed E-state index contributed by atoms with van der Waals surface area (Å²) in [5, 5.41) is 4.68. The molecule has 34 heavy (non-hydrogen) atoms. The maximum absolute atomic E-state index is 12.4. The molecule has 3 aromatic carbocycles. The van der Waals surface area contributed by atoms with Crippen LogP contribution in [0.15, 0.2) is 72.8 Å². The van der Waals surface area contributed by atoms with Gasteiger partial charge in [-0.3, -0.25) is 19.7 Å². The largest absolute Gasteiger partial charge is 0.378 e. The molecule has 0 radical (unpaired) electrons. The number of imide groups is 1. The second-order valence-corrected chi connectivity index (χ2v) is 9.61. The number of nitrogens with one attached hydrogen (secondary N) is 2. The second-order valence-electron chi connectivity index (χ2n) is 8.43. The van der Waals surface area contributed by atoms with Crippen molar-refractivity contribution in [3.8, 4) is 11.1 Å². The number of carbonyl (C=O) groups is 3. The van der Waals surface area contributed by atoms with Gasteiger partial charge in [0.1, 0.15) is 0 Å². The highest BCUT2D eigenvalue weighted by Gasteiger charge is 2.31. The average molecular weight is 474 g/mol. The molecule has 6 nitrogen and oxygen atoms in total. The van der Waals surface area contributed by atoms with E-state index in [2.05, 4.69) is 28.8 Å². The molecular formula is C27H27N3O3S. The van der Waals surface area contributed by atoms with Crippen molar-refractivity contribution in [1.82, 2.24) is 10.6 Å². The lowest BCUT2D eigenvalue weighted by atomic mass is 9.99. The molecule has 0 saturated carbocycles. The van der Waals surface area contributed by atoms with E-state index in [4.69, 9.17) is 0 Å². The van der Waals surface area contributed by atoms with Gasteiger partial charge < -0.3 is 10.2 Å². The molecule has 174 valence electrons.